The number of carbonyl (C=O) groups excluding carboxylic acids is 1. The number of amides is 1. The van der Waals surface area contributed by atoms with Crippen LogP contribution in [0.15, 0.2) is 42.5 Å². The lowest BCUT2D eigenvalue weighted by Gasteiger charge is -2.06. The van der Waals surface area contributed by atoms with Gasteiger partial charge < -0.3 is 5.32 Å². The number of benzene rings is 2. The monoisotopic (exact) mass is 288 g/mol. The van der Waals surface area contributed by atoms with Crippen molar-refractivity contribution in [3.8, 4) is 6.07 Å². The normalized spacial score (nSPS) is 9.85. The molecule has 1 N–H and O–H groups in total. The zero-order valence-corrected chi connectivity index (χ0v) is 11.1. The smallest absolute Gasteiger partial charge is 0.228 e. The predicted octanol–water partition coefficient (Wildman–Crippen LogP) is 3.53. The molecule has 3 nitrogen and oxygen atoms in total. The summed E-state index contributed by atoms with van der Waals surface area (Å²) in [7, 11) is 0. The van der Waals surface area contributed by atoms with E-state index in [4.69, 9.17) is 16.9 Å². The number of hydrogen-bond donors (Lipinski definition) is 1. The molecule has 2 aromatic rings. The molecule has 0 fully saturated rings. The van der Waals surface area contributed by atoms with Crippen LogP contribution in [0.3, 0.4) is 0 Å². The molecule has 2 aromatic carbocycles. The van der Waals surface area contributed by atoms with E-state index in [0.29, 0.717) is 11.3 Å². The summed E-state index contributed by atoms with van der Waals surface area (Å²) in [6, 6.07) is 12.7. The highest BCUT2D eigenvalue weighted by molar-refractivity contribution is 6.31. The van der Waals surface area contributed by atoms with E-state index < -0.39 is 5.82 Å². The van der Waals surface area contributed by atoms with Gasteiger partial charge in [-0.1, -0.05) is 23.7 Å². The molecule has 0 heterocycles. The van der Waals surface area contributed by atoms with Crippen molar-refractivity contribution in [3.63, 3.8) is 0 Å². The van der Waals surface area contributed by atoms with Crippen LogP contribution in [0.5, 0.6) is 0 Å². The highest BCUT2D eigenvalue weighted by Gasteiger charge is 2.06. The zero-order valence-electron chi connectivity index (χ0n) is 10.4. The number of halogens is 2. The van der Waals surface area contributed by atoms with Crippen LogP contribution in [0, 0.1) is 17.1 Å². The van der Waals surface area contributed by atoms with E-state index in [0.717, 1.165) is 5.56 Å². The third kappa shape index (κ3) is 3.56. The Labute approximate surface area is 120 Å². The maximum absolute atomic E-state index is 13.0. The number of hydrogen-bond acceptors (Lipinski definition) is 2. The Kier molecular flexibility index (Phi) is 4.34. The molecule has 0 aliphatic carbocycles. The molecular weight excluding hydrogens is 279 g/mol. The lowest BCUT2D eigenvalue weighted by molar-refractivity contribution is -0.115. The zero-order chi connectivity index (χ0) is 14.5. The lowest BCUT2D eigenvalue weighted by Crippen LogP contribution is -2.14. The van der Waals surface area contributed by atoms with Crippen molar-refractivity contribution in [1.82, 2.24) is 0 Å². The van der Waals surface area contributed by atoms with Crippen molar-refractivity contribution in [3.05, 3.63) is 64.4 Å². The molecule has 0 spiro atoms. The van der Waals surface area contributed by atoms with Gasteiger partial charge in [-0.05, 0) is 35.9 Å². The van der Waals surface area contributed by atoms with Crippen molar-refractivity contribution < 1.29 is 9.18 Å². The first kappa shape index (κ1) is 14.0. The lowest BCUT2D eigenvalue weighted by atomic mass is 10.1. The summed E-state index contributed by atoms with van der Waals surface area (Å²) in [6.07, 6.45) is 0.167. The van der Waals surface area contributed by atoms with Crippen molar-refractivity contribution >= 4 is 23.2 Å². The summed E-state index contributed by atoms with van der Waals surface area (Å²) in [4.78, 5) is 11.8. The molecule has 0 saturated heterocycles. The summed E-state index contributed by atoms with van der Waals surface area (Å²) in [5.41, 5.74) is 1.77. The standard InChI is InChI=1S/C15H10ClFN2O/c16-13-8-12(5-6-14(13)17)19-15(20)7-10-1-3-11(9-18)4-2-10/h1-6,8H,7H2,(H,19,20). The van der Waals surface area contributed by atoms with Crippen LogP contribution >= 0.6 is 11.6 Å². The molecule has 1 amide bonds. The van der Waals surface area contributed by atoms with Gasteiger partial charge in [0.05, 0.1) is 23.1 Å². The highest BCUT2D eigenvalue weighted by atomic mass is 35.5. The maximum Gasteiger partial charge on any atom is 0.228 e. The Bertz CT molecular complexity index is 677. The number of nitrogens with zero attached hydrogens (tertiary/aromatic N) is 1. The van der Waals surface area contributed by atoms with Crippen LogP contribution in [0.4, 0.5) is 10.1 Å². The van der Waals surface area contributed by atoms with E-state index in [9.17, 15) is 9.18 Å². The quantitative estimate of drug-likeness (QED) is 0.939. The average molecular weight is 289 g/mol. The Hall–Kier alpha value is -2.38. The number of rotatable bonds is 3. The van der Waals surface area contributed by atoms with Gasteiger partial charge in [-0.15, -0.1) is 0 Å². The van der Waals surface area contributed by atoms with Crippen LogP contribution in [0.2, 0.25) is 5.02 Å². The summed E-state index contributed by atoms with van der Waals surface area (Å²) in [5, 5.41) is 11.3. The molecule has 0 radical (unpaired) electrons. The first-order valence-electron chi connectivity index (χ1n) is 5.82. The topological polar surface area (TPSA) is 52.9 Å². The third-order valence-electron chi connectivity index (χ3n) is 2.65. The Morgan fingerprint density at radius 3 is 2.55 bits per heavy atom. The van der Waals surface area contributed by atoms with E-state index in [1.54, 1.807) is 24.3 Å². The highest BCUT2D eigenvalue weighted by Crippen LogP contribution is 2.19. The summed E-state index contributed by atoms with van der Waals surface area (Å²) >= 11 is 5.63. The van der Waals surface area contributed by atoms with Gasteiger partial charge in [0.2, 0.25) is 5.91 Å². The summed E-state index contributed by atoms with van der Waals surface area (Å²) in [5.74, 6) is -0.769. The second kappa shape index (κ2) is 6.18. The second-order valence-corrected chi connectivity index (χ2v) is 4.57. The van der Waals surface area contributed by atoms with Crippen molar-refractivity contribution in [1.29, 1.82) is 5.26 Å². The fraction of sp³-hybridized carbons (Fsp3) is 0.0667. The average Bonchev–Trinajstić information content (AvgIpc) is 2.44. The molecule has 0 aromatic heterocycles. The minimum atomic E-state index is -0.531. The minimum Gasteiger partial charge on any atom is -0.326 e. The molecule has 0 aliphatic heterocycles. The van der Waals surface area contributed by atoms with Gasteiger partial charge in [0.1, 0.15) is 5.82 Å². The van der Waals surface area contributed by atoms with E-state index in [-0.39, 0.29) is 17.4 Å². The van der Waals surface area contributed by atoms with Gasteiger partial charge in [0.15, 0.2) is 0 Å². The molecule has 0 bridgehead atoms. The molecule has 0 unspecified atom stereocenters. The van der Waals surface area contributed by atoms with Gasteiger partial charge in [-0.3, -0.25) is 4.79 Å². The van der Waals surface area contributed by atoms with E-state index >= 15 is 0 Å². The molecule has 100 valence electrons. The molecule has 2 rings (SSSR count). The summed E-state index contributed by atoms with van der Waals surface area (Å²) in [6.45, 7) is 0. The molecule has 0 aliphatic rings. The Balaban J connectivity index is 2.01. The van der Waals surface area contributed by atoms with Crippen LogP contribution in [-0.2, 0) is 11.2 Å². The SMILES string of the molecule is N#Cc1ccc(CC(=O)Nc2ccc(F)c(Cl)c2)cc1. The third-order valence-corrected chi connectivity index (χ3v) is 2.94. The van der Waals surface area contributed by atoms with E-state index in [2.05, 4.69) is 5.32 Å². The van der Waals surface area contributed by atoms with E-state index in [1.165, 1.54) is 18.2 Å². The Morgan fingerprint density at radius 2 is 1.95 bits per heavy atom. The van der Waals surface area contributed by atoms with Crippen LogP contribution < -0.4 is 5.32 Å². The number of nitrogens with one attached hydrogen (secondary N) is 1. The predicted molar refractivity (Wildman–Crippen MR) is 74.9 cm³/mol. The van der Waals surface area contributed by atoms with Crippen LogP contribution in [0.25, 0.3) is 0 Å². The van der Waals surface area contributed by atoms with Gasteiger partial charge in [-0.25, -0.2) is 4.39 Å². The molecular formula is C15H10ClFN2O. The van der Waals surface area contributed by atoms with Crippen molar-refractivity contribution in [2.45, 2.75) is 6.42 Å². The van der Waals surface area contributed by atoms with Gasteiger partial charge in [0, 0.05) is 5.69 Å². The molecule has 0 saturated carbocycles. The van der Waals surface area contributed by atoms with Crippen molar-refractivity contribution in [2.75, 3.05) is 5.32 Å². The van der Waals surface area contributed by atoms with Crippen LogP contribution in [0.1, 0.15) is 11.1 Å². The molecule has 0 atom stereocenters. The van der Waals surface area contributed by atoms with Crippen molar-refractivity contribution in [2.24, 2.45) is 0 Å². The molecule has 20 heavy (non-hydrogen) atoms. The first-order chi connectivity index (χ1) is 9.58. The minimum absolute atomic E-state index is 0.0406. The second-order valence-electron chi connectivity index (χ2n) is 4.16. The van der Waals surface area contributed by atoms with Gasteiger partial charge in [0.25, 0.3) is 0 Å². The Morgan fingerprint density at radius 1 is 1.25 bits per heavy atom. The van der Waals surface area contributed by atoms with Gasteiger partial charge in [-0.2, -0.15) is 5.26 Å². The maximum atomic E-state index is 13.0. The number of nitriles is 1. The number of anilines is 1. The first-order valence-corrected chi connectivity index (χ1v) is 6.20. The molecule has 5 heteroatoms. The van der Waals surface area contributed by atoms with Gasteiger partial charge >= 0.3 is 0 Å². The van der Waals surface area contributed by atoms with Crippen LogP contribution in [-0.4, -0.2) is 5.91 Å². The fourth-order valence-electron chi connectivity index (χ4n) is 1.66. The largest absolute Gasteiger partial charge is 0.326 e. The van der Waals surface area contributed by atoms with E-state index in [1.807, 2.05) is 6.07 Å². The number of carbonyl (C=O) groups is 1. The summed E-state index contributed by atoms with van der Waals surface area (Å²) < 4.78 is 13.0. The fourth-order valence-corrected chi connectivity index (χ4v) is 1.84.